The van der Waals surface area contributed by atoms with E-state index in [9.17, 15) is 19.2 Å². The number of aromatic nitrogens is 3. The highest BCUT2D eigenvalue weighted by atomic mass is 32.2. The lowest BCUT2D eigenvalue weighted by Gasteiger charge is -2.55. The second-order valence-electron chi connectivity index (χ2n) is 17.3. The molecule has 0 radical (unpaired) electrons. The van der Waals surface area contributed by atoms with Gasteiger partial charge in [0, 0.05) is 42.8 Å². The van der Waals surface area contributed by atoms with E-state index in [2.05, 4.69) is 32.8 Å². The summed E-state index contributed by atoms with van der Waals surface area (Å²) in [5.74, 6) is -4.86. The molecule has 0 fully saturated rings. The van der Waals surface area contributed by atoms with Crippen molar-refractivity contribution in [2.24, 2.45) is 39.7 Å². The number of Topliss-reactive ketones (excluding diaryl/α,β-unsaturated/α-hetero) is 1. The molecular formula is C44H65N5O7S2. The minimum Gasteiger partial charge on any atom is -0.496 e. The van der Waals surface area contributed by atoms with E-state index < -0.39 is 56.4 Å². The van der Waals surface area contributed by atoms with E-state index in [1.807, 2.05) is 34.6 Å². The number of methoxy groups -OCH3 is 1. The summed E-state index contributed by atoms with van der Waals surface area (Å²) in [7, 11) is 4.96. The molecule has 0 bridgehead atoms. The van der Waals surface area contributed by atoms with Gasteiger partial charge in [0.2, 0.25) is 11.8 Å². The normalized spacial score (nSPS) is 15.8. The van der Waals surface area contributed by atoms with E-state index >= 15 is 4.79 Å². The molecule has 0 saturated carbocycles. The minimum absolute atomic E-state index is 0.00629. The smallest absolute Gasteiger partial charge is 0.310 e. The number of ketones is 1. The van der Waals surface area contributed by atoms with Crippen LogP contribution < -0.4 is 10.5 Å². The Morgan fingerprint density at radius 2 is 1.64 bits per heavy atom. The Morgan fingerprint density at radius 3 is 2.14 bits per heavy atom. The average Bonchev–Trinajstić information content (AvgIpc) is 3.81. The molecule has 58 heavy (non-hydrogen) atoms. The summed E-state index contributed by atoms with van der Waals surface area (Å²) in [5.41, 5.74) is 3.49. The number of hydrogen-bond donors (Lipinski definition) is 1. The number of fused-ring (bicyclic) bond motifs is 1. The van der Waals surface area contributed by atoms with Crippen LogP contribution in [0.25, 0.3) is 10.9 Å². The van der Waals surface area contributed by atoms with Gasteiger partial charge >= 0.3 is 5.97 Å². The van der Waals surface area contributed by atoms with E-state index in [0.717, 1.165) is 6.42 Å². The molecule has 5 atom stereocenters. The van der Waals surface area contributed by atoms with Gasteiger partial charge in [-0.05, 0) is 67.6 Å². The van der Waals surface area contributed by atoms with Gasteiger partial charge in [0.15, 0.2) is 4.32 Å². The number of benzene rings is 1. The number of thioether (sulfide) groups is 1. The Hall–Kier alpha value is -4.04. The molecule has 0 saturated heterocycles. The number of amides is 2. The molecule has 0 spiro atoms. The van der Waals surface area contributed by atoms with Gasteiger partial charge in [0.05, 0.1) is 42.0 Å². The first-order valence-corrected chi connectivity index (χ1v) is 21.3. The second kappa shape index (κ2) is 18.9. The standard InChI is InChI=1S/C44H65N5O7S2/c1-15-18-25-56-39(54)35(41(6,7)27(4)37(52)49-28(5)32(34(50)36(45)51)33-30(49)21-19-22-31(33)55-14)42(8,9)43(10,16-2)26-29(38(53)47(12)13)44(11,17-3)58-40(57)48-24-20-23-46-48/h19-24,27,29,35H,15-18,25-26H2,1-14H3,(H2,45,51). The topological polar surface area (TPSA) is 156 Å². The molecule has 2 N–H and O–H groups in total. The van der Waals surface area contributed by atoms with Gasteiger partial charge in [-0.1, -0.05) is 105 Å². The largest absolute Gasteiger partial charge is 0.496 e. The third-order valence-corrected chi connectivity index (χ3v) is 15.0. The quantitative estimate of drug-likeness (QED) is 0.0409. The fourth-order valence-corrected chi connectivity index (χ4v) is 10.3. The average molecular weight is 840 g/mol. The molecule has 2 heterocycles. The summed E-state index contributed by atoms with van der Waals surface area (Å²) in [5, 5.41) is 4.65. The number of carbonyl (C=O) groups excluding carboxylic acids is 5. The zero-order chi connectivity index (χ0) is 44.1. The Balaban J connectivity index is 2.26. The van der Waals surface area contributed by atoms with Crippen molar-refractivity contribution in [2.75, 3.05) is 27.8 Å². The molecule has 14 heteroatoms. The first kappa shape index (κ1) is 48.3. The number of carbonyl (C=O) groups is 5. The Kier molecular flexibility index (Phi) is 15.8. The third-order valence-electron chi connectivity index (χ3n) is 13.2. The van der Waals surface area contributed by atoms with Crippen molar-refractivity contribution in [3.63, 3.8) is 0 Å². The van der Waals surface area contributed by atoms with Gasteiger partial charge < -0.3 is 20.1 Å². The van der Waals surface area contributed by atoms with Crippen molar-refractivity contribution in [1.82, 2.24) is 19.2 Å². The maximum atomic E-state index is 15.0. The molecule has 320 valence electrons. The SMILES string of the molecule is CCCCOC(=O)C(C(C)(C)C(C)C(=O)n1c(C)c(C(=O)C(N)=O)c2c(OC)cccc21)C(C)(C)C(C)(CC)CC(C(=O)N(C)C)C(C)(CC)SC(=S)n1cccn1. The summed E-state index contributed by atoms with van der Waals surface area (Å²) in [6, 6.07) is 6.86. The van der Waals surface area contributed by atoms with Crippen LogP contribution in [-0.4, -0.2) is 85.6 Å². The summed E-state index contributed by atoms with van der Waals surface area (Å²) in [6.45, 7) is 21.9. The summed E-state index contributed by atoms with van der Waals surface area (Å²) in [6.07, 6.45) is 6.58. The van der Waals surface area contributed by atoms with Gasteiger partial charge in [0.25, 0.3) is 11.7 Å². The lowest BCUT2D eigenvalue weighted by atomic mass is 9.49. The predicted molar refractivity (Wildman–Crippen MR) is 235 cm³/mol. The highest BCUT2D eigenvalue weighted by Crippen LogP contribution is 2.59. The van der Waals surface area contributed by atoms with Crippen molar-refractivity contribution >= 4 is 68.7 Å². The number of hydrogen-bond acceptors (Lipinski definition) is 10. The van der Waals surface area contributed by atoms with Crippen LogP contribution in [0, 0.1) is 40.9 Å². The molecule has 0 aliphatic carbocycles. The lowest BCUT2D eigenvalue weighted by Crippen LogP contribution is -2.56. The molecule has 3 rings (SSSR count). The summed E-state index contributed by atoms with van der Waals surface area (Å²) in [4.78, 5) is 71.4. The first-order valence-electron chi connectivity index (χ1n) is 20.1. The molecule has 2 aromatic heterocycles. The van der Waals surface area contributed by atoms with Crippen LogP contribution in [0.5, 0.6) is 5.75 Å². The highest BCUT2D eigenvalue weighted by Gasteiger charge is 2.58. The van der Waals surface area contributed by atoms with E-state index in [1.165, 1.54) is 23.4 Å². The van der Waals surface area contributed by atoms with Gasteiger partial charge in [-0.2, -0.15) is 5.10 Å². The van der Waals surface area contributed by atoms with Gasteiger partial charge in [0.1, 0.15) is 5.75 Å². The first-order chi connectivity index (χ1) is 26.9. The molecule has 0 aliphatic rings. The molecule has 12 nitrogen and oxygen atoms in total. The van der Waals surface area contributed by atoms with E-state index in [1.54, 1.807) is 74.2 Å². The fourth-order valence-electron chi connectivity index (χ4n) is 8.53. The minimum atomic E-state index is -1.16. The van der Waals surface area contributed by atoms with Crippen LogP contribution in [0.3, 0.4) is 0 Å². The zero-order valence-electron chi connectivity index (χ0n) is 37.0. The molecular weight excluding hydrogens is 775 g/mol. The zero-order valence-corrected chi connectivity index (χ0v) is 38.6. The van der Waals surface area contributed by atoms with Crippen LogP contribution in [0.4, 0.5) is 0 Å². The number of thiocarbonyl (C=S) groups is 1. The van der Waals surface area contributed by atoms with Crippen molar-refractivity contribution in [2.45, 2.75) is 113 Å². The second-order valence-corrected chi connectivity index (χ2v) is 19.5. The third kappa shape index (κ3) is 9.22. The fraction of sp³-hybridized carbons (Fsp3) is 0.614. The van der Waals surface area contributed by atoms with Crippen LogP contribution in [0.2, 0.25) is 0 Å². The molecule has 3 aromatic rings. The molecule has 2 amide bonds. The highest BCUT2D eigenvalue weighted by molar-refractivity contribution is 8.23. The lowest BCUT2D eigenvalue weighted by molar-refractivity contribution is -0.169. The number of esters is 1. The summed E-state index contributed by atoms with van der Waals surface area (Å²) >= 11 is 7.30. The van der Waals surface area contributed by atoms with Crippen molar-refractivity contribution in [1.29, 1.82) is 0 Å². The van der Waals surface area contributed by atoms with Crippen LogP contribution in [-0.2, 0) is 19.1 Å². The van der Waals surface area contributed by atoms with E-state index in [-0.39, 0.29) is 29.7 Å². The van der Waals surface area contributed by atoms with Gasteiger partial charge in [-0.15, -0.1) is 0 Å². The Bertz CT molecular complexity index is 2000. The monoisotopic (exact) mass is 839 g/mol. The molecule has 0 aliphatic heterocycles. The van der Waals surface area contributed by atoms with Crippen molar-refractivity contribution < 1.29 is 33.4 Å². The van der Waals surface area contributed by atoms with E-state index in [0.29, 0.717) is 46.7 Å². The van der Waals surface area contributed by atoms with Crippen LogP contribution >= 0.6 is 24.0 Å². The maximum Gasteiger partial charge on any atom is 0.310 e. The van der Waals surface area contributed by atoms with Crippen molar-refractivity contribution in [3.8, 4) is 5.75 Å². The molecule has 5 unspecified atom stereocenters. The molecule has 1 aromatic carbocycles. The predicted octanol–water partition coefficient (Wildman–Crippen LogP) is 8.36. The van der Waals surface area contributed by atoms with Crippen molar-refractivity contribution in [3.05, 3.63) is 47.9 Å². The Morgan fingerprint density at radius 1 is 1.00 bits per heavy atom. The van der Waals surface area contributed by atoms with Gasteiger partial charge in [-0.25, -0.2) is 4.68 Å². The van der Waals surface area contributed by atoms with Crippen LogP contribution in [0.1, 0.15) is 122 Å². The van der Waals surface area contributed by atoms with E-state index in [4.69, 9.17) is 27.4 Å². The summed E-state index contributed by atoms with van der Waals surface area (Å²) < 4.78 is 14.6. The number of unbranched alkanes of at least 4 members (excludes halogenated alkanes) is 1. The Labute approximate surface area is 354 Å². The number of primary amides is 1. The maximum absolute atomic E-state index is 15.0. The van der Waals surface area contributed by atoms with Gasteiger partial charge in [-0.3, -0.25) is 28.5 Å². The number of rotatable bonds is 19. The number of nitrogens with zero attached hydrogens (tertiary/aromatic N) is 4. The number of ether oxygens (including phenoxy) is 2. The number of nitrogens with two attached hydrogens (primary N) is 1. The van der Waals surface area contributed by atoms with Crippen LogP contribution in [0.15, 0.2) is 36.7 Å².